The second-order valence-electron chi connectivity index (χ2n) is 2.95. The average molecular weight is 206 g/mol. The van der Waals surface area contributed by atoms with Gasteiger partial charge in [0, 0.05) is 28.7 Å². The number of carbonyl (C=O) groups excluding carboxylic acids is 1. The zero-order valence-electron chi connectivity index (χ0n) is 7.35. The predicted octanol–water partition coefficient (Wildman–Crippen LogP) is 2.94. The molecule has 14 heavy (non-hydrogen) atoms. The summed E-state index contributed by atoms with van der Waals surface area (Å²) in [5, 5.41) is 0.705. The summed E-state index contributed by atoms with van der Waals surface area (Å²) in [4.78, 5) is 10.5. The normalized spacial score (nSPS) is 10.1. The largest absolute Gasteiger partial charge is 0.323 e. The third-order valence-corrected chi connectivity index (χ3v) is 2.23. The maximum absolute atomic E-state index is 10.5. The Hall–Kier alpha value is -1.54. The Balaban J connectivity index is 2.39. The van der Waals surface area contributed by atoms with Gasteiger partial charge >= 0.3 is 0 Å². The molecule has 0 atom stereocenters. The summed E-state index contributed by atoms with van der Waals surface area (Å²) in [5.41, 5.74) is 1.66. The minimum atomic E-state index is 0.667. The molecule has 70 valence electrons. The van der Waals surface area contributed by atoms with Crippen molar-refractivity contribution in [1.29, 1.82) is 0 Å². The lowest BCUT2D eigenvalue weighted by molar-refractivity contribution is 0.112. The number of aromatic nitrogens is 1. The van der Waals surface area contributed by atoms with Gasteiger partial charge in [-0.3, -0.25) is 4.79 Å². The third-order valence-electron chi connectivity index (χ3n) is 1.98. The first-order valence-electron chi connectivity index (χ1n) is 4.19. The highest BCUT2D eigenvalue weighted by molar-refractivity contribution is 6.30. The van der Waals surface area contributed by atoms with E-state index >= 15 is 0 Å². The molecule has 0 fully saturated rings. The molecule has 1 aromatic carbocycles. The maximum Gasteiger partial charge on any atom is 0.151 e. The van der Waals surface area contributed by atoms with Gasteiger partial charge in [0.25, 0.3) is 0 Å². The standard InChI is InChI=1S/C11H8ClNO/c12-10-1-3-11(4-2-10)13-6-5-9(7-13)8-14/h1-8H. The lowest BCUT2D eigenvalue weighted by atomic mass is 10.3. The van der Waals surface area contributed by atoms with Crippen LogP contribution in [0.4, 0.5) is 0 Å². The monoisotopic (exact) mass is 205 g/mol. The quantitative estimate of drug-likeness (QED) is 0.691. The summed E-state index contributed by atoms with van der Waals surface area (Å²) >= 11 is 5.77. The average Bonchev–Trinajstić information content (AvgIpc) is 2.67. The molecule has 1 aromatic heterocycles. The molecule has 2 nitrogen and oxygen atoms in total. The number of benzene rings is 1. The maximum atomic E-state index is 10.5. The molecule has 0 saturated carbocycles. The Morgan fingerprint density at radius 3 is 2.43 bits per heavy atom. The Bertz CT molecular complexity index is 445. The third kappa shape index (κ3) is 1.70. The molecule has 0 radical (unpaired) electrons. The van der Waals surface area contributed by atoms with Gasteiger partial charge in [0.15, 0.2) is 6.29 Å². The number of aldehydes is 1. The van der Waals surface area contributed by atoms with Crippen molar-refractivity contribution < 1.29 is 4.79 Å². The molecule has 2 rings (SSSR count). The van der Waals surface area contributed by atoms with E-state index in [4.69, 9.17) is 11.6 Å². The van der Waals surface area contributed by atoms with E-state index in [-0.39, 0.29) is 0 Å². The molecule has 1 heterocycles. The summed E-state index contributed by atoms with van der Waals surface area (Å²) in [6.07, 6.45) is 4.44. The van der Waals surface area contributed by atoms with Crippen molar-refractivity contribution in [3.8, 4) is 5.69 Å². The van der Waals surface area contributed by atoms with Crippen LogP contribution < -0.4 is 0 Å². The summed E-state index contributed by atoms with van der Waals surface area (Å²) in [6.45, 7) is 0. The number of hydrogen-bond donors (Lipinski definition) is 0. The number of hydrogen-bond acceptors (Lipinski definition) is 1. The van der Waals surface area contributed by atoms with E-state index in [0.29, 0.717) is 10.6 Å². The molecule has 0 saturated heterocycles. The second kappa shape index (κ2) is 3.68. The van der Waals surface area contributed by atoms with E-state index in [1.165, 1.54) is 0 Å². The first-order chi connectivity index (χ1) is 6.79. The van der Waals surface area contributed by atoms with Gasteiger partial charge in [0.05, 0.1) is 0 Å². The molecular formula is C11H8ClNO. The number of carbonyl (C=O) groups is 1. The highest BCUT2D eigenvalue weighted by atomic mass is 35.5. The van der Waals surface area contributed by atoms with Crippen LogP contribution in [0.3, 0.4) is 0 Å². The topological polar surface area (TPSA) is 22.0 Å². The van der Waals surface area contributed by atoms with Gasteiger partial charge < -0.3 is 4.57 Å². The molecule has 0 bridgehead atoms. The molecule has 0 unspecified atom stereocenters. The molecule has 0 aliphatic carbocycles. The van der Waals surface area contributed by atoms with Crippen molar-refractivity contribution in [1.82, 2.24) is 4.57 Å². The number of halogens is 1. The summed E-state index contributed by atoms with van der Waals surface area (Å²) in [5.74, 6) is 0. The van der Waals surface area contributed by atoms with Gasteiger partial charge in [-0.2, -0.15) is 0 Å². The van der Waals surface area contributed by atoms with Crippen LogP contribution >= 0.6 is 11.6 Å². The highest BCUT2D eigenvalue weighted by Gasteiger charge is 1.97. The van der Waals surface area contributed by atoms with Gasteiger partial charge in [0.2, 0.25) is 0 Å². The molecule has 0 aliphatic rings. The molecule has 0 N–H and O–H groups in total. The number of nitrogens with zero attached hydrogens (tertiary/aromatic N) is 1. The second-order valence-corrected chi connectivity index (χ2v) is 3.38. The molecule has 0 aliphatic heterocycles. The van der Waals surface area contributed by atoms with Gasteiger partial charge in [-0.25, -0.2) is 0 Å². The van der Waals surface area contributed by atoms with Crippen LogP contribution in [0.15, 0.2) is 42.7 Å². The molecule has 3 heteroatoms. The summed E-state index contributed by atoms with van der Waals surface area (Å²) in [6, 6.07) is 9.20. The lowest BCUT2D eigenvalue weighted by Gasteiger charge is -2.01. The van der Waals surface area contributed by atoms with Crippen molar-refractivity contribution in [3.63, 3.8) is 0 Å². The molecule has 2 aromatic rings. The van der Waals surface area contributed by atoms with Crippen LogP contribution in [0.1, 0.15) is 10.4 Å². The minimum absolute atomic E-state index is 0.667. The lowest BCUT2D eigenvalue weighted by Crippen LogP contribution is -1.88. The van der Waals surface area contributed by atoms with Gasteiger partial charge in [-0.1, -0.05) is 11.6 Å². The van der Waals surface area contributed by atoms with Crippen molar-refractivity contribution >= 4 is 17.9 Å². The first kappa shape index (κ1) is 9.03. The van der Waals surface area contributed by atoms with Crippen LogP contribution in [-0.2, 0) is 0 Å². The van der Waals surface area contributed by atoms with Crippen LogP contribution in [0, 0.1) is 0 Å². The van der Waals surface area contributed by atoms with Crippen molar-refractivity contribution in [2.45, 2.75) is 0 Å². The van der Waals surface area contributed by atoms with Crippen molar-refractivity contribution in [2.24, 2.45) is 0 Å². The van der Waals surface area contributed by atoms with E-state index in [2.05, 4.69) is 0 Å². The van der Waals surface area contributed by atoms with Crippen LogP contribution in [0.2, 0.25) is 5.02 Å². The molecule has 0 spiro atoms. The van der Waals surface area contributed by atoms with Crippen LogP contribution in [-0.4, -0.2) is 10.9 Å². The van der Waals surface area contributed by atoms with E-state index in [9.17, 15) is 4.79 Å². The Kier molecular flexibility index (Phi) is 2.37. The van der Waals surface area contributed by atoms with E-state index in [0.717, 1.165) is 12.0 Å². The molecule has 0 amide bonds. The number of rotatable bonds is 2. The van der Waals surface area contributed by atoms with Gasteiger partial charge in [-0.05, 0) is 30.3 Å². The molecular weight excluding hydrogens is 198 g/mol. The van der Waals surface area contributed by atoms with E-state index < -0.39 is 0 Å². The van der Waals surface area contributed by atoms with Crippen LogP contribution in [0.25, 0.3) is 5.69 Å². The fraction of sp³-hybridized carbons (Fsp3) is 0. The minimum Gasteiger partial charge on any atom is -0.323 e. The SMILES string of the molecule is O=Cc1ccn(-c2ccc(Cl)cc2)c1. The van der Waals surface area contributed by atoms with Gasteiger partial charge in [0.1, 0.15) is 0 Å². The Morgan fingerprint density at radius 1 is 1.14 bits per heavy atom. The van der Waals surface area contributed by atoms with Gasteiger partial charge in [-0.15, -0.1) is 0 Å². The first-order valence-corrected chi connectivity index (χ1v) is 4.56. The Labute approximate surface area is 86.7 Å². The zero-order valence-corrected chi connectivity index (χ0v) is 8.11. The fourth-order valence-electron chi connectivity index (χ4n) is 1.26. The Morgan fingerprint density at radius 2 is 1.86 bits per heavy atom. The van der Waals surface area contributed by atoms with Crippen LogP contribution in [0.5, 0.6) is 0 Å². The smallest absolute Gasteiger partial charge is 0.151 e. The van der Waals surface area contributed by atoms with Crippen molar-refractivity contribution in [2.75, 3.05) is 0 Å². The highest BCUT2D eigenvalue weighted by Crippen LogP contribution is 2.14. The van der Waals surface area contributed by atoms with E-state index in [1.807, 2.05) is 35.0 Å². The van der Waals surface area contributed by atoms with E-state index in [1.54, 1.807) is 12.3 Å². The predicted molar refractivity (Wildman–Crippen MR) is 56.2 cm³/mol. The van der Waals surface area contributed by atoms with Crippen molar-refractivity contribution in [3.05, 3.63) is 53.3 Å². The summed E-state index contributed by atoms with van der Waals surface area (Å²) in [7, 11) is 0. The zero-order chi connectivity index (χ0) is 9.97. The summed E-state index contributed by atoms with van der Waals surface area (Å²) < 4.78 is 1.88. The fourth-order valence-corrected chi connectivity index (χ4v) is 1.38.